The molecule has 1 aromatic carbocycles. The minimum atomic E-state index is -0.250. The number of amides is 3. The molecule has 7 heteroatoms. The maximum Gasteiger partial charge on any atom is 0.319 e. The van der Waals surface area contributed by atoms with Gasteiger partial charge in [0, 0.05) is 43.3 Å². The highest BCUT2D eigenvalue weighted by Gasteiger charge is 2.27. The molecule has 2 heterocycles. The van der Waals surface area contributed by atoms with Crippen molar-refractivity contribution in [3.8, 4) is 0 Å². The SMILES string of the molecule is CC(C)(C)[C@@H](Cn1ccnc1)NC(=O)Nc1ccc(N2CCCC2=O)cc1. The molecule has 0 aliphatic carbocycles. The monoisotopic (exact) mass is 369 g/mol. The fourth-order valence-electron chi connectivity index (χ4n) is 3.11. The molecule has 144 valence electrons. The van der Waals surface area contributed by atoms with E-state index in [0.717, 1.165) is 18.7 Å². The molecule has 1 fully saturated rings. The molecule has 0 saturated carbocycles. The summed E-state index contributed by atoms with van der Waals surface area (Å²) in [6.07, 6.45) is 6.86. The van der Waals surface area contributed by atoms with Crippen molar-refractivity contribution in [2.24, 2.45) is 5.41 Å². The standard InChI is InChI=1S/C20H27N5O2/c1-20(2,3)17(13-24-12-10-21-14-24)23-19(27)22-15-6-8-16(9-7-15)25-11-4-5-18(25)26/h6-10,12,14,17H,4-5,11,13H2,1-3H3,(H2,22,23,27)/t17-/m1/s1. The van der Waals surface area contributed by atoms with Crippen LogP contribution in [0.3, 0.4) is 0 Å². The van der Waals surface area contributed by atoms with Crippen molar-refractivity contribution in [2.45, 2.75) is 46.2 Å². The fourth-order valence-corrected chi connectivity index (χ4v) is 3.11. The second-order valence-corrected chi connectivity index (χ2v) is 7.97. The Labute approximate surface area is 159 Å². The lowest BCUT2D eigenvalue weighted by Crippen LogP contribution is -2.47. The second kappa shape index (κ2) is 7.82. The summed E-state index contributed by atoms with van der Waals surface area (Å²) in [4.78, 5) is 30.1. The third kappa shape index (κ3) is 4.87. The summed E-state index contributed by atoms with van der Waals surface area (Å²) in [6, 6.07) is 7.07. The lowest BCUT2D eigenvalue weighted by Gasteiger charge is -2.31. The Morgan fingerprint density at radius 3 is 2.56 bits per heavy atom. The molecule has 1 aliphatic rings. The zero-order chi connectivity index (χ0) is 19.4. The van der Waals surface area contributed by atoms with Gasteiger partial charge in [0.1, 0.15) is 0 Å². The molecule has 2 N–H and O–H groups in total. The van der Waals surface area contributed by atoms with Gasteiger partial charge in [-0.3, -0.25) is 4.79 Å². The Hall–Kier alpha value is -2.83. The number of urea groups is 1. The molecule has 1 aliphatic heterocycles. The van der Waals surface area contributed by atoms with Crippen molar-refractivity contribution in [3.63, 3.8) is 0 Å². The van der Waals surface area contributed by atoms with E-state index in [2.05, 4.69) is 36.4 Å². The minimum Gasteiger partial charge on any atom is -0.335 e. The first-order valence-corrected chi connectivity index (χ1v) is 9.26. The first-order valence-electron chi connectivity index (χ1n) is 9.26. The Bertz CT molecular complexity index is 778. The van der Waals surface area contributed by atoms with Gasteiger partial charge in [-0.15, -0.1) is 0 Å². The number of benzene rings is 1. The van der Waals surface area contributed by atoms with Gasteiger partial charge in [0.05, 0.1) is 12.4 Å². The lowest BCUT2D eigenvalue weighted by atomic mass is 9.86. The minimum absolute atomic E-state index is 0.0619. The van der Waals surface area contributed by atoms with Crippen molar-refractivity contribution in [3.05, 3.63) is 43.0 Å². The molecule has 7 nitrogen and oxygen atoms in total. The topological polar surface area (TPSA) is 79.3 Å². The Morgan fingerprint density at radius 2 is 2.00 bits per heavy atom. The third-order valence-corrected chi connectivity index (χ3v) is 4.81. The van der Waals surface area contributed by atoms with Crippen LogP contribution in [0.4, 0.5) is 16.2 Å². The van der Waals surface area contributed by atoms with Crippen LogP contribution in [0.5, 0.6) is 0 Å². The summed E-state index contributed by atoms with van der Waals surface area (Å²) >= 11 is 0. The van der Waals surface area contributed by atoms with Gasteiger partial charge in [0.15, 0.2) is 0 Å². The van der Waals surface area contributed by atoms with E-state index in [-0.39, 0.29) is 23.4 Å². The maximum atomic E-state index is 12.5. The van der Waals surface area contributed by atoms with Crippen LogP contribution < -0.4 is 15.5 Å². The van der Waals surface area contributed by atoms with Crippen LogP contribution >= 0.6 is 0 Å². The molecule has 1 aromatic heterocycles. The Morgan fingerprint density at radius 1 is 1.26 bits per heavy atom. The molecule has 1 saturated heterocycles. The van der Waals surface area contributed by atoms with Gasteiger partial charge in [0.2, 0.25) is 5.91 Å². The molecule has 0 radical (unpaired) electrons. The number of hydrogen-bond donors (Lipinski definition) is 2. The first kappa shape index (κ1) is 18.9. The Balaban J connectivity index is 1.60. The number of hydrogen-bond acceptors (Lipinski definition) is 3. The van der Waals surface area contributed by atoms with Crippen molar-refractivity contribution in [1.29, 1.82) is 0 Å². The summed E-state index contributed by atoms with van der Waals surface area (Å²) in [6.45, 7) is 7.69. The summed E-state index contributed by atoms with van der Waals surface area (Å²) in [7, 11) is 0. The molecule has 0 unspecified atom stereocenters. The fraction of sp³-hybridized carbons (Fsp3) is 0.450. The number of aromatic nitrogens is 2. The second-order valence-electron chi connectivity index (χ2n) is 7.97. The predicted octanol–water partition coefficient (Wildman–Crippen LogP) is 3.25. The third-order valence-electron chi connectivity index (χ3n) is 4.81. The van der Waals surface area contributed by atoms with Gasteiger partial charge < -0.3 is 20.1 Å². The number of carbonyl (C=O) groups excluding carboxylic acids is 2. The summed E-state index contributed by atoms with van der Waals surface area (Å²) in [5.74, 6) is 0.154. The number of carbonyl (C=O) groups is 2. The molecule has 0 spiro atoms. The number of nitrogens with one attached hydrogen (secondary N) is 2. The quantitative estimate of drug-likeness (QED) is 0.849. The van der Waals surface area contributed by atoms with Crippen LogP contribution in [0.25, 0.3) is 0 Å². The van der Waals surface area contributed by atoms with Crippen molar-refractivity contribution >= 4 is 23.3 Å². The number of anilines is 2. The molecule has 0 bridgehead atoms. The number of nitrogens with zero attached hydrogens (tertiary/aromatic N) is 3. The van der Waals surface area contributed by atoms with Gasteiger partial charge in [-0.25, -0.2) is 9.78 Å². The van der Waals surface area contributed by atoms with Crippen LogP contribution in [-0.2, 0) is 11.3 Å². The van der Waals surface area contributed by atoms with Crippen LogP contribution in [0.2, 0.25) is 0 Å². The molecular formula is C20H27N5O2. The normalized spacial score (nSPS) is 15.7. The number of imidazole rings is 1. The molecule has 1 atom stereocenters. The van der Waals surface area contributed by atoms with Gasteiger partial charge in [-0.1, -0.05) is 20.8 Å². The van der Waals surface area contributed by atoms with Crippen LogP contribution in [-0.4, -0.2) is 34.1 Å². The molecule has 3 amide bonds. The first-order chi connectivity index (χ1) is 12.8. The van der Waals surface area contributed by atoms with Gasteiger partial charge in [0.25, 0.3) is 0 Å². The average molecular weight is 369 g/mol. The van der Waals surface area contributed by atoms with E-state index in [1.807, 2.05) is 35.0 Å². The maximum absolute atomic E-state index is 12.5. The highest BCUT2D eigenvalue weighted by molar-refractivity contribution is 5.96. The largest absolute Gasteiger partial charge is 0.335 e. The van der Waals surface area contributed by atoms with Crippen molar-refractivity contribution < 1.29 is 9.59 Å². The predicted molar refractivity (Wildman–Crippen MR) is 106 cm³/mol. The van der Waals surface area contributed by atoms with E-state index in [1.165, 1.54) is 0 Å². The lowest BCUT2D eigenvalue weighted by molar-refractivity contribution is -0.117. The van der Waals surface area contributed by atoms with Crippen LogP contribution in [0, 0.1) is 5.41 Å². The van der Waals surface area contributed by atoms with E-state index < -0.39 is 0 Å². The average Bonchev–Trinajstić information content (AvgIpc) is 3.26. The summed E-state index contributed by atoms with van der Waals surface area (Å²) in [5.41, 5.74) is 1.45. The summed E-state index contributed by atoms with van der Waals surface area (Å²) in [5, 5.41) is 5.93. The number of rotatable bonds is 5. The van der Waals surface area contributed by atoms with E-state index in [0.29, 0.717) is 18.7 Å². The van der Waals surface area contributed by atoms with Gasteiger partial charge >= 0.3 is 6.03 Å². The zero-order valence-corrected chi connectivity index (χ0v) is 16.1. The molecule has 3 rings (SSSR count). The molecule has 2 aromatic rings. The van der Waals surface area contributed by atoms with Crippen LogP contribution in [0.15, 0.2) is 43.0 Å². The molecule has 27 heavy (non-hydrogen) atoms. The van der Waals surface area contributed by atoms with E-state index in [1.54, 1.807) is 17.4 Å². The van der Waals surface area contributed by atoms with Gasteiger partial charge in [-0.2, -0.15) is 0 Å². The summed E-state index contributed by atoms with van der Waals surface area (Å²) < 4.78 is 1.96. The molecular weight excluding hydrogens is 342 g/mol. The highest BCUT2D eigenvalue weighted by atomic mass is 16.2. The smallest absolute Gasteiger partial charge is 0.319 e. The van der Waals surface area contributed by atoms with Crippen LogP contribution in [0.1, 0.15) is 33.6 Å². The van der Waals surface area contributed by atoms with Crippen molar-refractivity contribution in [2.75, 3.05) is 16.8 Å². The van der Waals surface area contributed by atoms with E-state index in [9.17, 15) is 9.59 Å². The van der Waals surface area contributed by atoms with Crippen molar-refractivity contribution in [1.82, 2.24) is 14.9 Å². The van der Waals surface area contributed by atoms with E-state index in [4.69, 9.17) is 0 Å². The zero-order valence-electron chi connectivity index (χ0n) is 16.1. The highest BCUT2D eigenvalue weighted by Crippen LogP contribution is 2.24. The van der Waals surface area contributed by atoms with E-state index >= 15 is 0 Å². The Kier molecular flexibility index (Phi) is 5.48. The van der Waals surface area contributed by atoms with Gasteiger partial charge in [-0.05, 0) is 36.1 Å².